The van der Waals surface area contributed by atoms with Crippen LogP contribution in [0.25, 0.3) is 0 Å². The second-order valence-corrected chi connectivity index (χ2v) is 2.38. The summed E-state index contributed by atoms with van der Waals surface area (Å²) in [6.07, 6.45) is 1.66. The van der Waals surface area contributed by atoms with Crippen LogP contribution in [-0.4, -0.2) is 5.97 Å². The normalized spacial score (nSPS) is 12.2. The molecule has 0 bridgehead atoms. The molecule has 0 amide bonds. The lowest BCUT2D eigenvalue weighted by molar-refractivity contribution is -0.138. The zero-order valence-electron chi connectivity index (χ0n) is 5.97. The Morgan fingerprint density at radius 2 is 1.89 bits per heavy atom. The van der Waals surface area contributed by atoms with E-state index in [1.165, 1.54) is 6.92 Å². The molecule has 0 unspecified atom stereocenters. The van der Waals surface area contributed by atoms with Crippen LogP contribution in [0.3, 0.4) is 0 Å². The van der Waals surface area contributed by atoms with E-state index < -0.39 is 5.97 Å². The molecule has 0 aliphatic rings. The van der Waals surface area contributed by atoms with Crippen molar-refractivity contribution in [1.29, 1.82) is 0 Å². The summed E-state index contributed by atoms with van der Waals surface area (Å²) in [6.45, 7) is 5.38. The maximum Gasteiger partial charge on any atom is 0.381 e. The summed E-state index contributed by atoms with van der Waals surface area (Å²) in [6, 6.07) is 0. The number of hydrogen-bond acceptors (Lipinski definition) is 1. The fourth-order valence-electron chi connectivity index (χ4n) is 0.568. The molecule has 9 heavy (non-hydrogen) atoms. The molecule has 0 saturated carbocycles. The van der Waals surface area contributed by atoms with Gasteiger partial charge in [0, 0.05) is 5.57 Å². The zero-order chi connectivity index (χ0) is 7.44. The smallest absolute Gasteiger partial charge is 0.242 e. The molecule has 51 valence electrons. The largest absolute Gasteiger partial charge is 0.381 e. The maximum atomic E-state index is 10.1. The Hall–Kier alpha value is -0.790. The molecule has 0 saturated heterocycles. The minimum Gasteiger partial charge on any atom is -0.242 e. The zero-order valence-corrected chi connectivity index (χ0v) is 5.97. The van der Waals surface area contributed by atoms with Gasteiger partial charge in [-0.3, -0.25) is 0 Å². The quantitative estimate of drug-likeness (QED) is 0.518. The van der Waals surface area contributed by atoms with Crippen LogP contribution in [0.5, 0.6) is 0 Å². The van der Waals surface area contributed by atoms with Crippen LogP contribution in [0.2, 0.25) is 0 Å². The highest BCUT2D eigenvalue weighted by Crippen LogP contribution is 2.00. The summed E-state index contributed by atoms with van der Waals surface area (Å²) < 4.78 is 0. The number of carbonyl (C=O) groups excluding carboxylic acids is 1. The molecule has 0 aliphatic carbocycles. The first kappa shape index (κ1) is 8.21. The van der Waals surface area contributed by atoms with Crippen molar-refractivity contribution in [2.75, 3.05) is 0 Å². The van der Waals surface area contributed by atoms with Crippen molar-refractivity contribution in [2.45, 2.75) is 20.8 Å². The first-order valence-electron chi connectivity index (χ1n) is 2.93. The van der Waals surface area contributed by atoms with Gasteiger partial charge in [-0.15, -0.1) is 0 Å². The first-order chi connectivity index (χ1) is 4.04. The topological polar surface area (TPSA) is 37.0 Å². The van der Waals surface area contributed by atoms with Crippen LogP contribution in [0.15, 0.2) is 11.6 Å². The van der Waals surface area contributed by atoms with Gasteiger partial charge in [0.05, 0.1) is 0 Å². The minimum atomic E-state index is -1.08. The summed E-state index contributed by atoms with van der Waals surface area (Å²) >= 11 is 0. The molecule has 2 heteroatoms. The van der Waals surface area contributed by atoms with E-state index in [4.69, 9.17) is 0 Å². The van der Waals surface area contributed by atoms with E-state index in [1.807, 2.05) is 13.8 Å². The molecule has 0 aromatic rings. The van der Waals surface area contributed by atoms with E-state index >= 15 is 0 Å². The van der Waals surface area contributed by atoms with Gasteiger partial charge in [0.1, 0.15) is 0 Å². The number of carbonyl (C=O) groups is 1. The third-order valence-corrected chi connectivity index (χ3v) is 0.905. The third kappa shape index (κ3) is 3.76. The van der Waals surface area contributed by atoms with E-state index in [2.05, 4.69) is 0 Å². The predicted octanol–water partition coefficient (Wildman–Crippen LogP) is 1.55. The Labute approximate surface area is 55.2 Å². The second kappa shape index (κ2) is 3.28. The minimum absolute atomic E-state index is 0.280. The van der Waals surface area contributed by atoms with E-state index in [9.17, 15) is 9.90 Å². The fraction of sp³-hybridized carbons (Fsp3) is 0.571. The molecule has 0 atom stereocenters. The van der Waals surface area contributed by atoms with Gasteiger partial charge in [0.2, 0.25) is 0 Å². The van der Waals surface area contributed by atoms with Crippen LogP contribution in [0.1, 0.15) is 20.8 Å². The molecule has 0 fully saturated rings. The van der Waals surface area contributed by atoms with Crippen molar-refractivity contribution < 1.29 is 9.90 Å². The van der Waals surface area contributed by atoms with Gasteiger partial charge in [-0.2, -0.15) is 0 Å². The van der Waals surface area contributed by atoms with Gasteiger partial charge in [0.15, 0.2) is 0 Å². The standard InChI is InChI=1S/C7H11O2/c1-5(2)4-6(3)7(8)9/h4-5H,1-3H3/b6-4+. The van der Waals surface area contributed by atoms with Gasteiger partial charge < -0.3 is 0 Å². The Morgan fingerprint density at radius 3 is 2.00 bits per heavy atom. The molecule has 0 aromatic carbocycles. The van der Waals surface area contributed by atoms with Gasteiger partial charge in [-0.25, -0.2) is 9.90 Å². The number of allylic oxidation sites excluding steroid dienone is 1. The highest BCUT2D eigenvalue weighted by atomic mass is 16.4. The average Bonchev–Trinajstić information content (AvgIpc) is 1.63. The molecular formula is C7H11O2. The van der Waals surface area contributed by atoms with Crippen molar-refractivity contribution in [3.8, 4) is 0 Å². The third-order valence-electron chi connectivity index (χ3n) is 0.905. The highest BCUT2D eigenvalue weighted by molar-refractivity contribution is 5.85. The average molecular weight is 127 g/mol. The van der Waals surface area contributed by atoms with E-state index in [1.54, 1.807) is 6.08 Å². The molecule has 2 nitrogen and oxygen atoms in total. The van der Waals surface area contributed by atoms with Gasteiger partial charge in [-0.05, 0) is 12.8 Å². The molecular weight excluding hydrogens is 116 g/mol. The van der Waals surface area contributed by atoms with E-state index in [-0.39, 0.29) is 5.92 Å². The Kier molecular flexibility index (Phi) is 2.99. The Bertz CT molecular complexity index is 134. The monoisotopic (exact) mass is 127 g/mol. The van der Waals surface area contributed by atoms with Crippen molar-refractivity contribution in [1.82, 2.24) is 0 Å². The molecule has 0 rings (SSSR count). The lowest BCUT2D eigenvalue weighted by Crippen LogP contribution is -1.95. The summed E-state index contributed by atoms with van der Waals surface area (Å²) in [5.41, 5.74) is 0.310. The predicted molar refractivity (Wildman–Crippen MR) is 34.3 cm³/mol. The van der Waals surface area contributed by atoms with Crippen molar-refractivity contribution >= 4 is 5.97 Å². The van der Waals surface area contributed by atoms with E-state index in [0.717, 1.165) is 0 Å². The molecule has 0 N–H and O–H groups in total. The Balaban J connectivity index is 4.00. The molecule has 0 aromatic heterocycles. The van der Waals surface area contributed by atoms with Crippen LogP contribution < -0.4 is 0 Å². The van der Waals surface area contributed by atoms with Crippen LogP contribution in [0, 0.1) is 5.92 Å². The van der Waals surface area contributed by atoms with Gasteiger partial charge in [0.25, 0.3) is 0 Å². The summed E-state index contributed by atoms with van der Waals surface area (Å²) in [7, 11) is 0. The fourth-order valence-corrected chi connectivity index (χ4v) is 0.568. The lowest BCUT2D eigenvalue weighted by atomic mass is 10.1. The summed E-state index contributed by atoms with van der Waals surface area (Å²) in [4.78, 5) is 10.1. The summed E-state index contributed by atoms with van der Waals surface area (Å²) in [5.74, 6) is -0.799. The van der Waals surface area contributed by atoms with Crippen molar-refractivity contribution in [3.05, 3.63) is 11.6 Å². The van der Waals surface area contributed by atoms with Crippen molar-refractivity contribution in [3.63, 3.8) is 0 Å². The molecule has 0 aliphatic heterocycles. The maximum absolute atomic E-state index is 10.1. The first-order valence-corrected chi connectivity index (χ1v) is 2.93. The highest BCUT2D eigenvalue weighted by Gasteiger charge is 2.01. The van der Waals surface area contributed by atoms with Crippen LogP contribution >= 0.6 is 0 Å². The van der Waals surface area contributed by atoms with E-state index in [0.29, 0.717) is 5.57 Å². The second-order valence-electron chi connectivity index (χ2n) is 2.38. The lowest BCUT2D eigenvalue weighted by Gasteiger charge is -1.93. The SMILES string of the molecule is C/C(=C\C(C)C)C([O])=O. The van der Waals surface area contributed by atoms with Crippen LogP contribution in [0.4, 0.5) is 0 Å². The van der Waals surface area contributed by atoms with Crippen molar-refractivity contribution in [2.24, 2.45) is 5.92 Å². The molecule has 0 heterocycles. The van der Waals surface area contributed by atoms with Gasteiger partial charge in [-0.1, -0.05) is 19.9 Å². The Morgan fingerprint density at radius 1 is 1.44 bits per heavy atom. The number of hydrogen-bond donors (Lipinski definition) is 0. The number of rotatable bonds is 2. The van der Waals surface area contributed by atoms with Gasteiger partial charge >= 0.3 is 5.97 Å². The van der Waals surface area contributed by atoms with Crippen LogP contribution in [-0.2, 0) is 9.90 Å². The molecule has 1 radical (unpaired) electrons. The molecule has 0 spiro atoms. The summed E-state index contributed by atoms with van der Waals surface area (Å²) in [5, 5.41) is 10.1.